The fourth-order valence-corrected chi connectivity index (χ4v) is 4.09. The van der Waals surface area contributed by atoms with E-state index < -0.39 is 11.5 Å². The number of carbonyl (C=O) groups is 1. The Kier molecular flexibility index (Phi) is 5.08. The minimum Gasteiger partial charge on any atom is -0.480 e. The molecule has 0 spiro atoms. The molecule has 4 nitrogen and oxygen atoms in total. The van der Waals surface area contributed by atoms with Crippen molar-refractivity contribution in [3.05, 3.63) is 0 Å². The van der Waals surface area contributed by atoms with Gasteiger partial charge in [0.15, 0.2) is 0 Å². The van der Waals surface area contributed by atoms with Gasteiger partial charge in [0, 0.05) is 18.1 Å². The first-order valence-corrected chi connectivity index (χ1v) is 8.17. The maximum absolute atomic E-state index is 11.7. The third kappa shape index (κ3) is 3.34. The molecule has 0 bridgehead atoms. The minimum atomic E-state index is -0.707. The van der Waals surface area contributed by atoms with E-state index >= 15 is 0 Å². The predicted molar refractivity (Wildman–Crippen MR) is 80.9 cm³/mol. The fourth-order valence-electron chi connectivity index (χ4n) is 4.09. The average molecular weight is 282 g/mol. The molecule has 20 heavy (non-hydrogen) atoms. The van der Waals surface area contributed by atoms with Crippen LogP contribution in [0, 0.1) is 0 Å². The lowest BCUT2D eigenvalue weighted by Gasteiger charge is -2.36. The molecule has 2 aliphatic rings. The summed E-state index contributed by atoms with van der Waals surface area (Å²) in [7, 11) is 2.20. The van der Waals surface area contributed by atoms with Crippen molar-refractivity contribution < 1.29 is 9.90 Å². The van der Waals surface area contributed by atoms with Crippen molar-refractivity contribution in [1.82, 2.24) is 10.2 Å². The molecule has 2 atom stereocenters. The standard InChI is InChI=1S/C16H30N2O2/c1-12(2)17-16(15(19)20)10-9-14(11-16)18(3)13-7-5-4-6-8-13/h12-14,17H,4-11H2,1-3H3,(H,19,20). The van der Waals surface area contributed by atoms with E-state index in [2.05, 4.69) is 17.3 Å². The Balaban J connectivity index is 2.00. The molecule has 0 saturated heterocycles. The van der Waals surface area contributed by atoms with Gasteiger partial charge < -0.3 is 10.0 Å². The molecule has 2 aliphatic carbocycles. The van der Waals surface area contributed by atoms with Gasteiger partial charge in [-0.05, 0) is 53.0 Å². The molecule has 0 aromatic heterocycles. The number of aliphatic carboxylic acids is 1. The van der Waals surface area contributed by atoms with E-state index in [1.807, 2.05) is 13.8 Å². The zero-order chi connectivity index (χ0) is 14.8. The molecule has 2 rings (SSSR count). The van der Waals surface area contributed by atoms with Crippen LogP contribution in [0.1, 0.15) is 65.2 Å². The van der Waals surface area contributed by atoms with Crippen molar-refractivity contribution in [2.24, 2.45) is 0 Å². The average Bonchev–Trinajstić information content (AvgIpc) is 2.83. The summed E-state index contributed by atoms with van der Waals surface area (Å²) in [4.78, 5) is 14.2. The number of nitrogens with zero attached hydrogens (tertiary/aromatic N) is 1. The zero-order valence-corrected chi connectivity index (χ0v) is 13.2. The quantitative estimate of drug-likeness (QED) is 0.814. The van der Waals surface area contributed by atoms with E-state index in [1.165, 1.54) is 32.1 Å². The van der Waals surface area contributed by atoms with Gasteiger partial charge in [0.2, 0.25) is 0 Å². The van der Waals surface area contributed by atoms with Crippen molar-refractivity contribution >= 4 is 5.97 Å². The number of carboxylic acid groups (broad SMARTS) is 1. The Morgan fingerprint density at radius 3 is 2.40 bits per heavy atom. The van der Waals surface area contributed by atoms with E-state index in [9.17, 15) is 9.90 Å². The lowest BCUT2D eigenvalue weighted by Crippen LogP contribution is -2.54. The monoisotopic (exact) mass is 282 g/mol. The van der Waals surface area contributed by atoms with Gasteiger partial charge in [0.1, 0.15) is 5.54 Å². The van der Waals surface area contributed by atoms with Crippen LogP contribution in [0.25, 0.3) is 0 Å². The lowest BCUT2D eigenvalue weighted by molar-refractivity contribution is -0.145. The second-order valence-electron chi connectivity index (χ2n) is 7.04. The number of carboxylic acids is 1. The van der Waals surface area contributed by atoms with Gasteiger partial charge in [0.05, 0.1) is 0 Å². The minimum absolute atomic E-state index is 0.213. The van der Waals surface area contributed by atoms with Crippen LogP contribution >= 0.6 is 0 Å². The second-order valence-corrected chi connectivity index (χ2v) is 7.04. The number of nitrogens with one attached hydrogen (secondary N) is 1. The highest BCUT2D eigenvalue weighted by Gasteiger charge is 2.47. The molecule has 0 radical (unpaired) electrons. The van der Waals surface area contributed by atoms with E-state index in [-0.39, 0.29) is 6.04 Å². The largest absolute Gasteiger partial charge is 0.480 e. The third-order valence-corrected chi connectivity index (χ3v) is 5.19. The summed E-state index contributed by atoms with van der Waals surface area (Å²) in [6, 6.07) is 1.29. The Morgan fingerprint density at radius 1 is 1.20 bits per heavy atom. The Labute approximate surface area is 122 Å². The SMILES string of the molecule is CC(C)NC1(C(=O)O)CCC(N(C)C2CCCCC2)C1. The van der Waals surface area contributed by atoms with Crippen LogP contribution in [0.15, 0.2) is 0 Å². The summed E-state index contributed by atoms with van der Waals surface area (Å²) in [6.07, 6.45) is 9.08. The second kappa shape index (κ2) is 6.44. The predicted octanol–water partition coefficient (Wildman–Crippen LogP) is 2.62. The number of hydrogen-bond acceptors (Lipinski definition) is 3. The highest BCUT2D eigenvalue weighted by atomic mass is 16.4. The number of hydrogen-bond donors (Lipinski definition) is 2. The Hall–Kier alpha value is -0.610. The van der Waals surface area contributed by atoms with Crippen LogP contribution in [0.5, 0.6) is 0 Å². The molecule has 2 saturated carbocycles. The van der Waals surface area contributed by atoms with E-state index in [1.54, 1.807) is 0 Å². The van der Waals surface area contributed by atoms with Crippen molar-refractivity contribution in [2.75, 3.05) is 7.05 Å². The first-order valence-electron chi connectivity index (χ1n) is 8.17. The molecular formula is C16H30N2O2. The van der Waals surface area contributed by atoms with Crippen molar-refractivity contribution in [3.63, 3.8) is 0 Å². The molecule has 2 N–H and O–H groups in total. The van der Waals surface area contributed by atoms with E-state index in [0.29, 0.717) is 12.1 Å². The summed E-state index contributed by atoms with van der Waals surface area (Å²) in [5, 5.41) is 13.0. The van der Waals surface area contributed by atoms with Gasteiger partial charge >= 0.3 is 5.97 Å². The van der Waals surface area contributed by atoms with Crippen LogP contribution in [0.4, 0.5) is 0 Å². The van der Waals surface area contributed by atoms with Crippen LogP contribution in [-0.2, 0) is 4.79 Å². The van der Waals surface area contributed by atoms with E-state index in [0.717, 1.165) is 19.3 Å². The first-order chi connectivity index (χ1) is 9.44. The maximum atomic E-state index is 11.7. The molecule has 4 heteroatoms. The van der Waals surface area contributed by atoms with Gasteiger partial charge in [-0.25, -0.2) is 0 Å². The molecule has 0 aromatic carbocycles. The molecule has 0 heterocycles. The molecule has 0 aromatic rings. The lowest BCUT2D eigenvalue weighted by atomic mass is 9.92. The van der Waals surface area contributed by atoms with Gasteiger partial charge in [0.25, 0.3) is 0 Å². The molecule has 0 aliphatic heterocycles. The fraction of sp³-hybridized carbons (Fsp3) is 0.938. The van der Waals surface area contributed by atoms with Crippen LogP contribution in [-0.4, -0.2) is 46.7 Å². The van der Waals surface area contributed by atoms with Crippen molar-refractivity contribution in [2.45, 2.75) is 88.9 Å². The van der Waals surface area contributed by atoms with Crippen LogP contribution in [0.2, 0.25) is 0 Å². The van der Waals surface area contributed by atoms with Gasteiger partial charge in [-0.1, -0.05) is 19.3 Å². The Morgan fingerprint density at radius 2 is 1.85 bits per heavy atom. The maximum Gasteiger partial charge on any atom is 0.323 e. The van der Waals surface area contributed by atoms with Crippen molar-refractivity contribution in [1.29, 1.82) is 0 Å². The molecule has 2 fully saturated rings. The summed E-state index contributed by atoms with van der Waals surface area (Å²) < 4.78 is 0. The molecule has 116 valence electrons. The summed E-state index contributed by atoms with van der Waals surface area (Å²) >= 11 is 0. The van der Waals surface area contributed by atoms with Crippen LogP contribution < -0.4 is 5.32 Å². The number of rotatable bonds is 5. The van der Waals surface area contributed by atoms with E-state index in [4.69, 9.17) is 0 Å². The van der Waals surface area contributed by atoms with Crippen molar-refractivity contribution in [3.8, 4) is 0 Å². The third-order valence-electron chi connectivity index (χ3n) is 5.19. The highest BCUT2D eigenvalue weighted by Crippen LogP contribution is 2.36. The summed E-state index contributed by atoms with van der Waals surface area (Å²) in [5.74, 6) is -0.675. The zero-order valence-electron chi connectivity index (χ0n) is 13.2. The van der Waals surface area contributed by atoms with Crippen LogP contribution in [0.3, 0.4) is 0 Å². The van der Waals surface area contributed by atoms with Gasteiger partial charge in [-0.15, -0.1) is 0 Å². The molecule has 2 unspecified atom stereocenters. The normalized spacial score (nSPS) is 32.1. The summed E-state index contributed by atoms with van der Waals surface area (Å²) in [6.45, 7) is 4.06. The highest BCUT2D eigenvalue weighted by molar-refractivity contribution is 5.79. The smallest absolute Gasteiger partial charge is 0.323 e. The Bertz CT molecular complexity index is 339. The first kappa shape index (κ1) is 15.8. The van der Waals surface area contributed by atoms with Gasteiger partial charge in [-0.3, -0.25) is 10.1 Å². The topological polar surface area (TPSA) is 52.6 Å². The molecular weight excluding hydrogens is 252 g/mol. The van der Waals surface area contributed by atoms with Gasteiger partial charge in [-0.2, -0.15) is 0 Å². The molecule has 0 amide bonds. The summed E-state index contributed by atoms with van der Waals surface area (Å²) in [5.41, 5.74) is -0.707.